The van der Waals surface area contributed by atoms with Crippen molar-refractivity contribution in [2.75, 3.05) is 36.6 Å². The number of furan rings is 1. The van der Waals surface area contributed by atoms with E-state index in [1.54, 1.807) is 23.1 Å². The molecule has 30 heavy (non-hydrogen) atoms. The maximum absolute atomic E-state index is 5.51. The second kappa shape index (κ2) is 7.96. The second-order valence-electron chi connectivity index (χ2n) is 6.96. The van der Waals surface area contributed by atoms with Gasteiger partial charge in [-0.25, -0.2) is 9.50 Å². The largest absolute Gasteiger partial charge is 0.460 e. The summed E-state index contributed by atoms with van der Waals surface area (Å²) in [5.41, 5.74) is 6.61. The number of rotatable bonds is 5. The highest BCUT2D eigenvalue weighted by atomic mass is 16.5. The molecule has 152 valence electrons. The predicted molar refractivity (Wildman–Crippen MR) is 114 cm³/mol. The van der Waals surface area contributed by atoms with Crippen molar-refractivity contribution < 1.29 is 9.15 Å². The zero-order valence-corrected chi connectivity index (χ0v) is 16.5. The number of imidazole rings is 1. The Labute approximate surface area is 173 Å². The molecule has 5 heterocycles. The first-order valence-corrected chi connectivity index (χ1v) is 9.75. The number of nitrogens with zero attached hydrogens (tertiary/aromatic N) is 6. The zero-order valence-electron chi connectivity index (χ0n) is 16.5. The van der Waals surface area contributed by atoms with Crippen LogP contribution >= 0.6 is 0 Å². The van der Waals surface area contributed by atoms with Gasteiger partial charge in [-0.15, -0.1) is 5.10 Å². The quantitative estimate of drug-likeness (QED) is 0.404. The Balaban J connectivity index is 1.51. The van der Waals surface area contributed by atoms with Gasteiger partial charge >= 0.3 is 0 Å². The van der Waals surface area contributed by atoms with Crippen molar-refractivity contribution in [2.24, 2.45) is 5.10 Å². The number of morpholine rings is 1. The number of pyridine rings is 1. The maximum atomic E-state index is 5.51. The van der Waals surface area contributed by atoms with Crippen molar-refractivity contribution in [3.8, 4) is 11.3 Å². The number of anilines is 2. The summed E-state index contributed by atoms with van der Waals surface area (Å²) in [6, 6.07) is 9.60. The fraction of sp³-hybridized carbons (Fsp3) is 0.238. The third-order valence-electron chi connectivity index (χ3n) is 4.87. The molecule has 0 aliphatic carbocycles. The summed E-state index contributed by atoms with van der Waals surface area (Å²) < 4.78 is 12.8. The molecule has 0 aromatic carbocycles. The minimum absolute atomic E-state index is 0.613. The van der Waals surface area contributed by atoms with E-state index >= 15 is 0 Å². The molecular formula is C21H21N7O2. The van der Waals surface area contributed by atoms with Gasteiger partial charge < -0.3 is 14.1 Å². The van der Waals surface area contributed by atoms with Crippen molar-refractivity contribution in [2.45, 2.75) is 6.92 Å². The van der Waals surface area contributed by atoms with Gasteiger partial charge in [0.1, 0.15) is 11.5 Å². The minimum Gasteiger partial charge on any atom is -0.460 e. The van der Waals surface area contributed by atoms with Crippen LogP contribution in [-0.2, 0) is 4.74 Å². The highest BCUT2D eigenvalue weighted by Crippen LogP contribution is 2.27. The van der Waals surface area contributed by atoms with Crippen LogP contribution in [0.5, 0.6) is 0 Å². The molecule has 1 aliphatic heterocycles. The second-order valence-corrected chi connectivity index (χ2v) is 6.96. The van der Waals surface area contributed by atoms with Crippen LogP contribution in [0.25, 0.3) is 16.9 Å². The maximum Gasteiger partial charge on any atom is 0.177 e. The number of hydrogen-bond acceptors (Lipinski definition) is 8. The first kappa shape index (κ1) is 18.3. The van der Waals surface area contributed by atoms with E-state index in [2.05, 4.69) is 25.5 Å². The van der Waals surface area contributed by atoms with Gasteiger partial charge in [-0.1, -0.05) is 0 Å². The van der Waals surface area contributed by atoms with Gasteiger partial charge in [-0.05, 0) is 31.2 Å². The number of fused-ring (bicyclic) bond motifs is 1. The van der Waals surface area contributed by atoms with Crippen molar-refractivity contribution in [3.05, 3.63) is 60.4 Å². The van der Waals surface area contributed by atoms with Gasteiger partial charge in [0.2, 0.25) is 0 Å². The molecule has 4 aromatic rings. The molecule has 5 rings (SSSR count). The lowest BCUT2D eigenvalue weighted by Crippen LogP contribution is -2.36. The molecule has 0 spiro atoms. The van der Waals surface area contributed by atoms with Gasteiger partial charge in [-0.2, -0.15) is 5.10 Å². The lowest BCUT2D eigenvalue weighted by molar-refractivity contribution is 0.123. The lowest BCUT2D eigenvalue weighted by Gasteiger charge is -2.29. The zero-order chi connectivity index (χ0) is 20.3. The molecule has 4 aromatic heterocycles. The van der Waals surface area contributed by atoms with E-state index in [1.165, 1.54) is 0 Å². The summed E-state index contributed by atoms with van der Waals surface area (Å²) in [6.07, 6.45) is 7.06. The van der Waals surface area contributed by atoms with Gasteiger partial charge in [-0.3, -0.25) is 10.4 Å². The van der Waals surface area contributed by atoms with Gasteiger partial charge in [0, 0.05) is 37.1 Å². The van der Waals surface area contributed by atoms with E-state index in [0.29, 0.717) is 24.8 Å². The average Bonchev–Trinajstić information content (AvgIpc) is 3.40. The standard InChI is InChI=1S/C21H21N7O2/c1-15-2-3-17(30-15)13-23-25-20-12-19(27-8-10-29-11-9-27)21-24-18(14-28(21)26-20)16-4-6-22-7-5-16/h2-7,12-14H,8-11H2,1H3,(H,25,26). The van der Waals surface area contributed by atoms with Gasteiger partial charge in [0.05, 0.1) is 37.0 Å². The SMILES string of the molecule is Cc1ccc(C=NNc2cc(N3CCOCC3)c3nc(-c4ccncc4)cn3n2)o1. The Morgan fingerprint density at radius 2 is 1.97 bits per heavy atom. The van der Waals surface area contributed by atoms with Crippen LogP contribution in [0.4, 0.5) is 11.5 Å². The molecular weight excluding hydrogens is 382 g/mol. The third kappa shape index (κ3) is 3.74. The lowest BCUT2D eigenvalue weighted by atomic mass is 10.2. The van der Waals surface area contributed by atoms with Crippen LogP contribution in [-0.4, -0.2) is 52.1 Å². The summed E-state index contributed by atoms with van der Waals surface area (Å²) >= 11 is 0. The van der Waals surface area contributed by atoms with Gasteiger partial charge in [0.15, 0.2) is 11.5 Å². The molecule has 1 fully saturated rings. The van der Waals surface area contributed by atoms with E-state index in [9.17, 15) is 0 Å². The number of hydrazone groups is 1. The van der Waals surface area contributed by atoms with Crippen LogP contribution in [0, 0.1) is 6.92 Å². The molecule has 9 nitrogen and oxygen atoms in total. The number of nitrogens with one attached hydrogen (secondary N) is 1. The van der Waals surface area contributed by atoms with Crippen molar-refractivity contribution in [1.82, 2.24) is 19.6 Å². The fourth-order valence-electron chi connectivity index (χ4n) is 3.40. The number of aromatic nitrogens is 4. The monoisotopic (exact) mass is 403 g/mol. The van der Waals surface area contributed by atoms with E-state index in [1.807, 2.05) is 43.5 Å². The van der Waals surface area contributed by atoms with Gasteiger partial charge in [0.25, 0.3) is 0 Å². The number of aryl methyl sites for hydroxylation is 1. The summed E-state index contributed by atoms with van der Waals surface area (Å²) in [7, 11) is 0. The van der Waals surface area contributed by atoms with Crippen molar-refractivity contribution in [1.29, 1.82) is 0 Å². The molecule has 9 heteroatoms. The number of ether oxygens (including phenoxy) is 1. The Bertz CT molecular complexity index is 1180. The predicted octanol–water partition coefficient (Wildman–Crippen LogP) is 2.98. The summed E-state index contributed by atoms with van der Waals surface area (Å²) in [5, 5.41) is 8.91. The molecule has 0 radical (unpaired) electrons. The molecule has 0 unspecified atom stereocenters. The molecule has 0 atom stereocenters. The Morgan fingerprint density at radius 1 is 1.13 bits per heavy atom. The normalized spacial score (nSPS) is 14.6. The van der Waals surface area contributed by atoms with Crippen LogP contribution in [0.1, 0.15) is 11.5 Å². The first-order chi connectivity index (χ1) is 14.8. The van der Waals surface area contributed by atoms with Crippen LogP contribution in [0.3, 0.4) is 0 Å². The third-order valence-corrected chi connectivity index (χ3v) is 4.87. The van der Waals surface area contributed by atoms with E-state index in [0.717, 1.165) is 41.4 Å². The topological polar surface area (TPSA) is 93.1 Å². The van der Waals surface area contributed by atoms with E-state index in [-0.39, 0.29) is 0 Å². The Morgan fingerprint density at radius 3 is 2.73 bits per heavy atom. The fourth-order valence-corrected chi connectivity index (χ4v) is 3.40. The molecule has 1 aliphatic rings. The highest BCUT2D eigenvalue weighted by Gasteiger charge is 2.18. The smallest absolute Gasteiger partial charge is 0.177 e. The molecule has 1 N–H and O–H groups in total. The highest BCUT2D eigenvalue weighted by molar-refractivity contribution is 5.78. The molecule has 0 amide bonds. The molecule has 0 saturated carbocycles. The van der Waals surface area contributed by atoms with Crippen LogP contribution < -0.4 is 10.3 Å². The summed E-state index contributed by atoms with van der Waals surface area (Å²) in [6.45, 7) is 4.86. The average molecular weight is 403 g/mol. The van der Waals surface area contributed by atoms with Crippen LogP contribution in [0.15, 0.2) is 58.4 Å². The number of hydrogen-bond donors (Lipinski definition) is 1. The van der Waals surface area contributed by atoms with E-state index in [4.69, 9.17) is 14.1 Å². The van der Waals surface area contributed by atoms with E-state index < -0.39 is 0 Å². The minimum atomic E-state index is 0.613. The Kier molecular flexibility index (Phi) is 4.86. The van der Waals surface area contributed by atoms with Crippen molar-refractivity contribution in [3.63, 3.8) is 0 Å². The first-order valence-electron chi connectivity index (χ1n) is 9.75. The molecule has 1 saturated heterocycles. The summed E-state index contributed by atoms with van der Waals surface area (Å²) in [4.78, 5) is 11.2. The van der Waals surface area contributed by atoms with Crippen molar-refractivity contribution >= 4 is 23.4 Å². The van der Waals surface area contributed by atoms with Crippen LogP contribution in [0.2, 0.25) is 0 Å². The molecule has 0 bridgehead atoms. The summed E-state index contributed by atoms with van der Waals surface area (Å²) in [5.74, 6) is 2.13. The Hall–Kier alpha value is -3.72.